The highest BCUT2D eigenvalue weighted by Gasteiger charge is 2.12. The molecule has 0 unspecified atom stereocenters. The molecule has 0 saturated carbocycles. The Balaban J connectivity index is 1.98. The van der Waals surface area contributed by atoms with E-state index in [-0.39, 0.29) is 12.5 Å². The molecule has 1 saturated heterocycles. The zero-order valence-corrected chi connectivity index (χ0v) is 9.54. The van der Waals surface area contributed by atoms with Gasteiger partial charge in [0, 0.05) is 32.7 Å². The smallest absolute Gasteiger partial charge is 0.233 e. The Bertz CT molecular complexity index is 190. The van der Waals surface area contributed by atoms with Gasteiger partial charge in [-0.2, -0.15) is 0 Å². The molecule has 0 bridgehead atoms. The van der Waals surface area contributed by atoms with Crippen molar-refractivity contribution in [3.63, 3.8) is 0 Å². The maximum absolute atomic E-state index is 10.8. The lowest BCUT2D eigenvalue weighted by atomic mass is 10.3. The van der Waals surface area contributed by atoms with Gasteiger partial charge in [0.15, 0.2) is 0 Å². The Labute approximate surface area is 91.6 Å². The molecule has 0 spiro atoms. The molecule has 5 nitrogen and oxygen atoms in total. The summed E-state index contributed by atoms with van der Waals surface area (Å²) >= 11 is 0. The van der Waals surface area contributed by atoms with E-state index in [0.29, 0.717) is 0 Å². The third kappa shape index (κ3) is 5.11. The van der Waals surface area contributed by atoms with E-state index in [2.05, 4.69) is 22.2 Å². The summed E-state index contributed by atoms with van der Waals surface area (Å²) in [6, 6.07) is 0. The molecule has 0 atom stereocenters. The molecule has 3 N–H and O–H groups in total. The minimum atomic E-state index is -0.0617. The molecule has 0 aromatic carbocycles. The van der Waals surface area contributed by atoms with Crippen molar-refractivity contribution in [1.82, 2.24) is 15.1 Å². The van der Waals surface area contributed by atoms with Crippen molar-refractivity contribution < 1.29 is 4.79 Å². The van der Waals surface area contributed by atoms with Crippen molar-refractivity contribution in [1.29, 1.82) is 0 Å². The van der Waals surface area contributed by atoms with E-state index >= 15 is 0 Å². The van der Waals surface area contributed by atoms with Crippen molar-refractivity contribution >= 4 is 5.91 Å². The molecular formula is C10H22N4O. The number of piperazine rings is 1. The fourth-order valence-corrected chi connectivity index (χ4v) is 1.67. The second-order valence-corrected chi connectivity index (χ2v) is 4.05. The van der Waals surface area contributed by atoms with E-state index in [1.54, 1.807) is 0 Å². The molecule has 15 heavy (non-hydrogen) atoms. The normalized spacial score (nSPS) is 19.1. The largest absolute Gasteiger partial charge is 0.355 e. The number of nitrogens with zero attached hydrogens (tertiary/aromatic N) is 2. The summed E-state index contributed by atoms with van der Waals surface area (Å²) < 4.78 is 0. The Morgan fingerprint density at radius 1 is 1.33 bits per heavy atom. The molecule has 1 aliphatic rings. The van der Waals surface area contributed by atoms with Gasteiger partial charge in [-0.05, 0) is 20.0 Å². The highest BCUT2D eigenvalue weighted by Crippen LogP contribution is 1.99. The van der Waals surface area contributed by atoms with Crippen LogP contribution in [-0.2, 0) is 4.79 Å². The predicted molar refractivity (Wildman–Crippen MR) is 60.6 cm³/mol. The molecule has 5 heteroatoms. The van der Waals surface area contributed by atoms with Crippen LogP contribution in [0.2, 0.25) is 0 Å². The third-order valence-electron chi connectivity index (χ3n) is 2.75. The van der Waals surface area contributed by atoms with Gasteiger partial charge in [0.1, 0.15) is 0 Å². The van der Waals surface area contributed by atoms with E-state index in [4.69, 9.17) is 5.73 Å². The predicted octanol–water partition coefficient (Wildman–Crippen LogP) is -1.30. The number of hydrogen-bond acceptors (Lipinski definition) is 4. The molecule has 1 rings (SSSR count). The topological polar surface area (TPSA) is 61.6 Å². The van der Waals surface area contributed by atoms with Crippen LogP contribution >= 0.6 is 0 Å². The van der Waals surface area contributed by atoms with E-state index in [1.165, 1.54) is 0 Å². The van der Waals surface area contributed by atoms with E-state index in [9.17, 15) is 4.79 Å². The molecule has 1 aliphatic heterocycles. The van der Waals surface area contributed by atoms with Crippen LogP contribution in [0.3, 0.4) is 0 Å². The van der Waals surface area contributed by atoms with Crippen molar-refractivity contribution in [2.45, 2.75) is 6.42 Å². The summed E-state index contributed by atoms with van der Waals surface area (Å²) in [4.78, 5) is 15.6. The summed E-state index contributed by atoms with van der Waals surface area (Å²) in [5, 5.41) is 2.78. The van der Waals surface area contributed by atoms with Crippen LogP contribution in [-0.4, -0.2) is 68.6 Å². The zero-order valence-electron chi connectivity index (χ0n) is 9.54. The number of hydrogen-bond donors (Lipinski definition) is 2. The summed E-state index contributed by atoms with van der Waals surface area (Å²) in [7, 11) is 2.15. The molecule has 0 aliphatic carbocycles. The van der Waals surface area contributed by atoms with Gasteiger partial charge in [0.2, 0.25) is 5.91 Å². The average molecular weight is 214 g/mol. The summed E-state index contributed by atoms with van der Waals surface area (Å²) in [5.41, 5.74) is 5.18. The fraction of sp³-hybridized carbons (Fsp3) is 0.900. The molecule has 88 valence electrons. The number of carbonyl (C=O) groups excluding carboxylic acids is 1. The Morgan fingerprint density at radius 2 is 2.00 bits per heavy atom. The SMILES string of the molecule is CN1CCN(CCCNC(=O)CN)CC1. The van der Waals surface area contributed by atoms with Gasteiger partial charge in [0.25, 0.3) is 0 Å². The molecule has 0 aromatic heterocycles. The van der Waals surface area contributed by atoms with Gasteiger partial charge in [-0.3, -0.25) is 4.79 Å². The van der Waals surface area contributed by atoms with Gasteiger partial charge < -0.3 is 20.9 Å². The van der Waals surface area contributed by atoms with Crippen LogP contribution in [0.15, 0.2) is 0 Å². The summed E-state index contributed by atoms with van der Waals surface area (Å²) in [5.74, 6) is -0.0617. The first-order valence-electron chi connectivity index (χ1n) is 5.60. The maximum Gasteiger partial charge on any atom is 0.233 e. The second-order valence-electron chi connectivity index (χ2n) is 4.05. The minimum Gasteiger partial charge on any atom is -0.355 e. The summed E-state index contributed by atoms with van der Waals surface area (Å²) in [6.07, 6.45) is 1.01. The number of amides is 1. The van der Waals surface area contributed by atoms with E-state index in [1.807, 2.05) is 0 Å². The number of carbonyl (C=O) groups is 1. The lowest BCUT2D eigenvalue weighted by Crippen LogP contribution is -2.45. The first kappa shape index (κ1) is 12.4. The van der Waals surface area contributed by atoms with Gasteiger partial charge in [-0.25, -0.2) is 0 Å². The summed E-state index contributed by atoms with van der Waals surface area (Å²) in [6.45, 7) is 6.47. The second kappa shape index (κ2) is 6.76. The molecule has 0 aromatic rings. The number of nitrogens with two attached hydrogens (primary N) is 1. The van der Waals surface area contributed by atoms with Crippen LogP contribution in [0.5, 0.6) is 0 Å². The van der Waals surface area contributed by atoms with Gasteiger partial charge >= 0.3 is 0 Å². The van der Waals surface area contributed by atoms with Crippen molar-refractivity contribution in [2.24, 2.45) is 5.73 Å². The van der Waals surface area contributed by atoms with Crippen LogP contribution in [0.25, 0.3) is 0 Å². The number of likely N-dealkylation sites (N-methyl/N-ethyl adjacent to an activating group) is 1. The van der Waals surface area contributed by atoms with Crippen LogP contribution in [0.4, 0.5) is 0 Å². The fourth-order valence-electron chi connectivity index (χ4n) is 1.67. The molecule has 0 radical (unpaired) electrons. The average Bonchev–Trinajstić information content (AvgIpc) is 2.26. The van der Waals surface area contributed by atoms with Crippen LogP contribution < -0.4 is 11.1 Å². The van der Waals surface area contributed by atoms with Gasteiger partial charge in [-0.1, -0.05) is 0 Å². The highest BCUT2D eigenvalue weighted by molar-refractivity contribution is 5.77. The monoisotopic (exact) mass is 214 g/mol. The maximum atomic E-state index is 10.8. The quantitative estimate of drug-likeness (QED) is 0.558. The number of nitrogens with one attached hydrogen (secondary N) is 1. The van der Waals surface area contributed by atoms with Crippen molar-refractivity contribution in [3.8, 4) is 0 Å². The zero-order chi connectivity index (χ0) is 11.1. The van der Waals surface area contributed by atoms with Gasteiger partial charge in [-0.15, -0.1) is 0 Å². The Morgan fingerprint density at radius 3 is 2.60 bits per heavy atom. The molecular weight excluding hydrogens is 192 g/mol. The highest BCUT2D eigenvalue weighted by atomic mass is 16.1. The molecule has 1 heterocycles. The molecule has 1 amide bonds. The minimum absolute atomic E-state index is 0.0617. The Kier molecular flexibility index (Phi) is 5.60. The lowest BCUT2D eigenvalue weighted by molar-refractivity contribution is -0.119. The molecule has 1 fully saturated rings. The first-order chi connectivity index (χ1) is 7.22. The van der Waals surface area contributed by atoms with Crippen molar-refractivity contribution in [2.75, 3.05) is 52.9 Å². The Hall–Kier alpha value is -0.650. The van der Waals surface area contributed by atoms with Crippen LogP contribution in [0, 0.1) is 0 Å². The van der Waals surface area contributed by atoms with E-state index < -0.39 is 0 Å². The van der Waals surface area contributed by atoms with Crippen molar-refractivity contribution in [3.05, 3.63) is 0 Å². The first-order valence-corrected chi connectivity index (χ1v) is 5.60. The number of rotatable bonds is 5. The van der Waals surface area contributed by atoms with Crippen LogP contribution in [0.1, 0.15) is 6.42 Å². The van der Waals surface area contributed by atoms with E-state index in [0.717, 1.165) is 45.7 Å². The third-order valence-corrected chi connectivity index (χ3v) is 2.75. The van der Waals surface area contributed by atoms with Gasteiger partial charge in [0.05, 0.1) is 6.54 Å². The standard InChI is InChI=1S/C10H22N4O/c1-13-5-7-14(8-6-13)4-2-3-12-10(15)9-11/h2-9,11H2,1H3,(H,12,15). The lowest BCUT2D eigenvalue weighted by Gasteiger charge is -2.32.